The quantitative estimate of drug-likeness (QED) is 0.0261. The van der Waals surface area contributed by atoms with Gasteiger partial charge in [0.1, 0.15) is 13.2 Å². The van der Waals surface area contributed by atoms with Gasteiger partial charge in [-0.15, -0.1) is 0 Å². The molecule has 6 heteroatoms. The van der Waals surface area contributed by atoms with Gasteiger partial charge < -0.3 is 14.2 Å². The third-order valence-corrected chi connectivity index (χ3v) is 15.4. The van der Waals surface area contributed by atoms with Crippen molar-refractivity contribution in [2.75, 3.05) is 13.2 Å². The molecule has 80 heavy (non-hydrogen) atoms. The summed E-state index contributed by atoms with van der Waals surface area (Å²) in [6, 6.07) is 0. The van der Waals surface area contributed by atoms with Crippen molar-refractivity contribution in [2.24, 2.45) is 0 Å². The molecule has 0 aromatic heterocycles. The summed E-state index contributed by atoms with van der Waals surface area (Å²) < 4.78 is 17.0. The van der Waals surface area contributed by atoms with Gasteiger partial charge in [-0.05, 0) is 89.9 Å². The summed E-state index contributed by atoms with van der Waals surface area (Å²) in [4.78, 5) is 38.4. The SMILES string of the molecule is CC/C=C\C/C=C\C/C=C\C/C=C\C/C=C\CCCCCCCC(=O)OC(COC(=O)CCCCCCC/C=C\CCCCCCC)COC(=O)CCCCCCCCCCCCCCCCCCCCCCCCCCCCC. The predicted octanol–water partition coefficient (Wildman–Crippen LogP) is 24.1. The highest BCUT2D eigenvalue weighted by molar-refractivity contribution is 5.71. The van der Waals surface area contributed by atoms with Crippen LogP contribution in [0.3, 0.4) is 0 Å². The second-order valence-corrected chi connectivity index (χ2v) is 23.4. The van der Waals surface area contributed by atoms with E-state index in [0.29, 0.717) is 19.3 Å². The van der Waals surface area contributed by atoms with E-state index in [9.17, 15) is 14.4 Å². The molecule has 0 amide bonds. The van der Waals surface area contributed by atoms with Crippen molar-refractivity contribution < 1.29 is 28.6 Å². The molecule has 0 saturated heterocycles. The van der Waals surface area contributed by atoms with Gasteiger partial charge >= 0.3 is 17.9 Å². The van der Waals surface area contributed by atoms with E-state index >= 15 is 0 Å². The fourth-order valence-corrected chi connectivity index (χ4v) is 10.2. The minimum Gasteiger partial charge on any atom is -0.462 e. The van der Waals surface area contributed by atoms with E-state index < -0.39 is 6.10 Å². The van der Waals surface area contributed by atoms with Gasteiger partial charge in [-0.1, -0.05) is 325 Å². The number of esters is 3. The molecule has 0 radical (unpaired) electrons. The van der Waals surface area contributed by atoms with Crippen molar-refractivity contribution in [3.8, 4) is 0 Å². The number of hydrogen-bond acceptors (Lipinski definition) is 6. The first-order valence-electron chi connectivity index (χ1n) is 34.9. The average molecular weight is 1120 g/mol. The Morgan fingerprint density at radius 1 is 0.263 bits per heavy atom. The molecule has 0 saturated carbocycles. The van der Waals surface area contributed by atoms with Crippen molar-refractivity contribution >= 4 is 17.9 Å². The van der Waals surface area contributed by atoms with Crippen LogP contribution in [0.4, 0.5) is 0 Å². The van der Waals surface area contributed by atoms with Crippen LogP contribution in [0.2, 0.25) is 0 Å². The number of allylic oxidation sites excluding steroid dienone is 12. The summed E-state index contributed by atoms with van der Waals surface area (Å²) in [7, 11) is 0. The lowest BCUT2D eigenvalue weighted by Gasteiger charge is -2.18. The Morgan fingerprint density at radius 2 is 0.487 bits per heavy atom. The predicted molar refractivity (Wildman–Crippen MR) is 348 cm³/mol. The van der Waals surface area contributed by atoms with E-state index in [1.807, 2.05) is 0 Å². The second-order valence-electron chi connectivity index (χ2n) is 23.4. The highest BCUT2D eigenvalue weighted by Gasteiger charge is 2.19. The summed E-state index contributed by atoms with van der Waals surface area (Å²) in [5.41, 5.74) is 0. The zero-order chi connectivity index (χ0) is 57.8. The third-order valence-electron chi connectivity index (χ3n) is 15.4. The van der Waals surface area contributed by atoms with E-state index in [1.54, 1.807) is 0 Å². The Balaban J connectivity index is 4.29. The van der Waals surface area contributed by atoms with Gasteiger partial charge in [-0.25, -0.2) is 0 Å². The van der Waals surface area contributed by atoms with Crippen LogP contribution in [0.5, 0.6) is 0 Å². The average Bonchev–Trinajstić information content (AvgIpc) is 3.46. The van der Waals surface area contributed by atoms with Crippen LogP contribution in [0.15, 0.2) is 72.9 Å². The first-order chi connectivity index (χ1) is 39.5. The van der Waals surface area contributed by atoms with E-state index in [4.69, 9.17) is 14.2 Å². The highest BCUT2D eigenvalue weighted by Crippen LogP contribution is 2.18. The molecule has 1 unspecified atom stereocenters. The van der Waals surface area contributed by atoms with Gasteiger partial charge in [0, 0.05) is 19.3 Å². The smallest absolute Gasteiger partial charge is 0.306 e. The minimum atomic E-state index is -0.790. The van der Waals surface area contributed by atoms with Crippen LogP contribution < -0.4 is 0 Å². The monoisotopic (exact) mass is 1120 g/mol. The zero-order valence-corrected chi connectivity index (χ0v) is 53.3. The van der Waals surface area contributed by atoms with Crippen LogP contribution in [-0.2, 0) is 28.6 Å². The number of carbonyl (C=O) groups is 3. The van der Waals surface area contributed by atoms with Crippen molar-refractivity contribution in [1.82, 2.24) is 0 Å². The molecule has 464 valence electrons. The molecule has 0 rings (SSSR count). The van der Waals surface area contributed by atoms with Gasteiger partial charge in [0.05, 0.1) is 0 Å². The second kappa shape index (κ2) is 68.3. The van der Waals surface area contributed by atoms with Crippen molar-refractivity contribution in [3.05, 3.63) is 72.9 Å². The topological polar surface area (TPSA) is 78.9 Å². The largest absolute Gasteiger partial charge is 0.462 e. The molecule has 0 aromatic rings. The van der Waals surface area contributed by atoms with Crippen LogP contribution in [-0.4, -0.2) is 37.2 Å². The molecule has 0 fully saturated rings. The van der Waals surface area contributed by atoms with Crippen LogP contribution >= 0.6 is 0 Å². The molecule has 6 nitrogen and oxygen atoms in total. The highest BCUT2D eigenvalue weighted by atomic mass is 16.6. The molecular weight excluding hydrogens is 985 g/mol. The lowest BCUT2D eigenvalue weighted by atomic mass is 10.0. The number of carbonyl (C=O) groups excluding carboxylic acids is 3. The van der Waals surface area contributed by atoms with Gasteiger partial charge in [0.15, 0.2) is 6.10 Å². The number of ether oxygens (including phenoxy) is 3. The summed E-state index contributed by atoms with van der Waals surface area (Å²) >= 11 is 0. The molecule has 0 N–H and O–H groups in total. The van der Waals surface area contributed by atoms with Crippen LogP contribution in [0, 0.1) is 0 Å². The summed E-state index contributed by atoms with van der Waals surface area (Å²) in [5.74, 6) is -0.891. The van der Waals surface area contributed by atoms with Crippen molar-refractivity contribution in [1.29, 1.82) is 0 Å². The van der Waals surface area contributed by atoms with Crippen LogP contribution in [0.1, 0.15) is 361 Å². The zero-order valence-electron chi connectivity index (χ0n) is 53.3. The van der Waals surface area contributed by atoms with Gasteiger partial charge in [-0.2, -0.15) is 0 Å². The number of rotatable bonds is 64. The minimum absolute atomic E-state index is 0.0829. The summed E-state index contributed by atoms with van der Waals surface area (Å²) in [5, 5.41) is 0. The van der Waals surface area contributed by atoms with Gasteiger partial charge in [0.25, 0.3) is 0 Å². The number of hydrogen-bond donors (Lipinski definition) is 0. The fraction of sp³-hybridized carbons (Fsp3) is 0.797. The Kier molecular flexibility index (Phi) is 65.7. The molecule has 0 bridgehead atoms. The lowest BCUT2D eigenvalue weighted by Crippen LogP contribution is -2.30. The molecule has 0 aliphatic heterocycles. The van der Waals surface area contributed by atoms with Crippen molar-refractivity contribution in [2.45, 2.75) is 367 Å². The molecule has 0 aliphatic rings. The molecule has 1 atom stereocenters. The van der Waals surface area contributed by atoms with E-state index in [0.717, 1.165) is 116 Å². The summed E-state index contributed by atoms with van der Waals surface area (Å²) in [6.07, 6.45) is 89.3. The first kappa shape index (κ1) is 76.9. The Hall–Kier alpha value is -3.15. The molecule has 0 spiro atoms. The third kappa shape index (κ3) is 65.7. The molecule has 0 aromatic carbocycles. The first-order valence-corrected chi connectivity index (χ1v) is 34.9. The number of unbranched alkanes of at least 4 members (excludes halogenated alkanes) is 41. The Morgan fingerprint density at radius 3 is 0.775 bits per heavy atom. The van der Waals surface area contributed by atoms with Crippen molar-refractivity contribution in [3.63, 3.8) is 0 Å². The van der Waals surface area contributed by atoms with E-state index in [1.165, 1.54) is 205 Å². The molecule has 0 heterocycles. The summed E-state index contributed by atoms with van der Waals surface area (Å²) in [6.45, 7) is 6.55. The Labute approximate surface area is 497 Å². The molecular formula is C74H132O6. The maximum absolute atomic E-state index is 12.9. The fourth-order valence-electron chi connectivity index (χ4n) is 10.2. The Bertz CT molecular complexity index is 1470. The standard InChI is InChI=1S/C74H132O6/c1-4-7-10-13-16-19-22-25-28-30-32-34-35-36-37-38-39-41-42-44-46-49-52-55-58-61-64-67-73(76)79-70-71(69-78-72(75)66-63-60-57-54-51-48-27-24-21-18-15-12-9-6-3)80-74(77)68-65-62-59-56-53-50-47-45-43-40-33-31-29-26-23-20-17-14-11-8-5-2/h8,11,17,20,24,26-27,29,33,40,45,47,71H,4-7,9-10,12-16,18-19,21-23,25,28,30-32,34-39,41-44,46,48-70H2,1-3H3/b11-8-,20-17-,27-24-,29-26-,40-33-,47-45-. The maximum Gasteiger partial charge on any atom is 0.306 e. The van der Waals surface area contributed by atoms with E-state index in [-0.39, 0.29) is 31.1 Å². The van der Waals surface area contributed by atoms with E-state index in [2.05, 4.69) is 93.7 Å². The van der Waals surface area contributed by atoms with Crippen LogP contribution in [0.25, 0.3) is 0 Å². The maximum atomic E-state index is 12.9. The lowest BCUT2D eigenvalue weighted by molar-refractivity contribution is -0.167. The van der Waals surface area contributed by atoms with Gasteiger partial charge in [-0.3, -0.25) is 14.4 Å². The van der Waals surface area contributed by atoms with Gasteiger partial charge in [0.2, 0.25) is 0 Å². The normalized spacial score (nSPS) is 12.5. The molecule has 0 aliphatic carbocycles.